The Morgan fingerprint density at radius 3 is 2.64 bits per heavy atom. The number of hydrogen-bond donors (Lipinski definition) is 1. The summed E-state index contributed by atoms with van der Waals surface area (Å²) in [4.78, 5) is 8.35. The molecule has 0 saturated carbocycles. The second-order valence-electron chi connectivity index (χ2n) is 6.41. The van der Waals surface area contributed by atoms with Crippen LogP contribution in [0.3, 0.4) is 0 Å². The van der Waals surface area contributed by atoms with Crippen molar-refractivity contribution in [3.05, 3.63) is 70.7 Å². The van der Waals surface area contributed by atoms with Gasteiger partial charge in [0.2, 0.25) is 21.7 Å². The van der Waals surface area contributed by atoms with Crippen molar-refractivity contribution in [1.82, 2.24) is 19.8 Å². The summed E-state index contributed by atoms with van der Waals surface area (Å²) < 4.78 is 33.0. The normalized spacial score (nSPS) is 13.3. The smallest absolute Gasteiger partial charge is 0.245 e. The largest absolute Gasteiger partial charge is 0.337 e. The van der Waals surface area contributed by atoms with Gasteiger partial charge in [-0.1, -0.05) is 48.8 Å². The van der Waals surface area contributed by atoms with Crippen LogP contribution in [0.5, 0.6) is 0 Å². The summed E-state index contributed by atoms with van der Waals surface area (Å²) in [5.74, 6) is 0.411. The second-order valence-corrected chi connectivity index (χ2v) is 8.41. The summed E-state index contributed by atoms with van der Waals surface area (Å²) in [6.45, 7) is 3.72. The minimum Gasteiger partial charge on any atom is -0.337 e. The number of pyridine rings is 1. The molecule has 1 N–H and O–H groups in total. The van der Waals surface area contributed by atoms with Crippen molar-refractivity contribution in [1.29, 1.82) is 0 Å². The van der Waals surface area contributed by atoms with Crippen molar-refractivity contribution in [2.45, 2.75) is 19.9 Å². The van der Waals surface area contributed by atoms with Crippen LogP contribution < -0.4 is 4.72 Å². The van der Waals surface area contributed by atoms with Crippen LogP contribution in [0.1, 0.15) is 31.3 Å². The first kappa shape index (κ1) is 20.2. The van der Waals surface area contributed by atoms with Crippen molar-refractivity contribution >= 4 is 27.7 Å². The molecule has 0 radical (unpaired) electrons. The maximum absolute atomic E-state index is 12.5. The number of aromatic nitrogens is 3. The fourth-order valence-corrected chi connectivity index (χ4v) is 3.76. The summed E-state index contributed by atoms with van der Waals surface area (Å²) in [5.41, 5.74) is 1.29. The number of nitrogens with one attached hydrogen (secondary N) is 1. The molecule has 28 heavy (non-hydrogen) atoms. The Morgan fingerprint density at radius 1 is 1.18 bits per heavy atom. The predicted molar refractivity (Wildman–Crippen MR) is 108 cm³/mol. The van der Waals surface area contributed by atoms with E-state index in [1.54, 1.807) is 48.8 Å². The number of halogens is 1. The van der Waals surface area contributed by atoms with Crippen molar-refractivity contribution in [3.8, 4) is 11.4 Å². The molecule has 0 aliphatic rings. The monoisotopic (exact) mass is 418 g/mol. The summed E-state index contributed by atoms with van der Waals surface area (Å²) in [6, 6.07) is 9.84. The summed E-state index contributed by atoms with van der Waals surface area (Å²) in [7, 11) is -3.77. The summed E-state index contributed by atoms with van der Waals surface area (Å²) in [6.07, 6.45) is 4.69. The van der Waals surface area contributed by atoms with Crippen LogP contribution in [0.25, 0.3) is 17.5 Å². The lowest BCUT2D eigenvalue weighted by atomic mass is 10.1. The molecule has 3 rings (SSSR count). The first-order chi connectivity index (χ1) is 13.4. The van der Waals surface area contributed by atoms with Gasteiger partial charge in [0, 0.05) is 28.4 Å². The van der Waals surface area contributed by atoms with Crippen LogP contribution in [0.15, 0.2) is 58.7 Å². The fourth-order valence-electron chi connectivity index (χ4n) is 2.43. The van der Waals surface area contributed by atoms with Crippen molar-refractivity contribution < 1.29 is 12.9 Å². The lowest BCUT2D eigenvalue weighted by Crippen LogP contribution is -2.30. The molecule has 2 aromatic heterocycles. The van der Waals surface area contributed by atoms with Gasteiger partial charge in [0.05, 0.1) is 0 Å². The number of benzene rings is 1. The van der Waals surface area contributed by atoms with Crippen LogP contribution in [-0.2, 0) is 10.0 Å². The van der Waals surface area contributed by atoms with Crippen LogP contribution >= 0.6 is 11.6 Å². The molecule has 1 atom stereocenters. The number of nitrogens with zero attached hydrogens (tertiary/aromatic N) is 3. The maximum Gasteiger partial charge on any atom is 0.245 e. The van der Waals surface area contributed by atoms with Crippen LogP contribution in [0, 0.1) is 5.92 Å². The number of hydrogen-bond acceptors (Lipinski definition) is 6. The SMILES string of the molecule is CC(C)C(NS(=O)(=O)/C=C/c1ccccc1Cl)c1nc(-c2cccnc2)no1. The van der Waals surface area contributed by atoms with Gasteiger partial charge in [-0.25, -0.2) is 8.42 Å². The van der Waals surface area contributed by atoms with E-state index < -0.39 is 16.1 Å². The highest BCUT2D eigenvalue weighted by atomic mass is 35.5. The minimum absolute atomic E-state index is 0.120. The van der Waals surface area contributed by atoms with Gasteiger partial charge in [-0.15, -0.1) is 0 Å². The quantitative estimate of drug-likeness (QED) is 0.621. The van der Waals surface area contributed by atoms with E-state index in [4.69, 9.17) is 16.1 Å². The highest BCUT2D eigenvalue weighted by molar-refractivity contribution is 7.92. The van der Waals surface area contributed by atoms with Gasteiger partial charge in [0.25, 0.3) is 0 Å². The van der Waals surface area contributed by atoms with E-state index in [0.29, 0.717) is 22.0 Å². The third-order valence-electron chi connectivity index (χ3n) is 3.92. The molecule has 9 heteroatoms. The Balaban J connectivity index is 1.81. The van der Waals surface area contributed by atoms with Crippen molar-refractivity contribution in [2.75, 3.05) is 0 Å². The molecule has 0 amide bonds. The Labute approximate surface area is 168 Å². The third kappa shape index (κ3) is 5.03. The Bertz CT molecular complexity index is 1070. The third-order valence-corrected chi connectivity index (χ3v) is 5.34. The van der Waals surface area contributed by atoms with E-state index in [1.807, 2.05) is 13.8 Å². The molecule has 7 nitrogen and oxygen atoms in total. The van der Waals surface area contributed by atoms with Crippen molar-refractivity contribution in [2.24, 2.45) is 5.92 Å². The lowest BCUT2D eigenvalue weighted by Gasteiger charge is -2.17. The van der Waals surface area contributed by atoms with Crippen LogP contribution in [0.4, 0.5) is 0 Å². The van der Waals surface area contributed by atoms with Gasteiger partial charge in [-0.2, -0.15) is 9.71 Å². The van der Waals surface area contributed by atoms with Gasteiger partial charge in [-0.3, -0.25) is 4.98 Å². The maximum atomic E-state index is 12.5. The molecule has 3 aromatic rings. The number of rotatable bonds is 7. The zero-order valence-electron chi connectivity index (χ0n) is 15.3. The summed E-state index contributed by atoms with van der Waals surface area (Å²) in [5, 5.41) is 5.47. The molecular formula is C19H19ClN4O3S. The van der Waals surface area contributed by atoms with E-state index in [0.717, 1.165) is 5.41 Å². The molecule has 0 fully saturated rings. The molecule has 1 aromatic carbocycles. The van der Waals surface area contributed by atoms with Gasteiger partial charge in [-0.05, 0) is 35.8 Å². The first-order valence-electron chi connectivity index (χ1n) is 8.54. The van der Waals surface area contributed by atoms with E-state index in [1.165, 1.54) is 6.08 Å². The first-order valence-corrected chi connectivity index (χ1v) is 10.5. The average Bonchev–Trinajstić information content (AvgIpc) is 3.16. The highest BCUT2D eigenvalue weighted by Gasteiger charge is 2.26. The van der Waals surface area contributed by atoms with Gasteiger partial charge < -0.3 is 4.52 Å². The predicted octanol–water partition coefficient (Wildman–Crippen LogP) is 4.07. The average molecular weight is 419 g/mol. The molecular weight excluding hydrogens is 400 g/mol. The van der Waals surface area contributed by atoms with Gasteiger partial charge in [0.15, 0.2) is 0 Å². The van der Waals surface area contributed by atoms with E-state index in [9.17, 15) is 8.42 Å². The van der Waals surface area contributed by atoms with Crippen LogP contribution in [0.2, 0.25) is 5.02 Å². The van der Waals surface area contributed by atoms with Crippen molar-refractivity contribution in [3.63, 3.8) is 0 Å². The molecule has 0 saturated heterocycles. The molecule has 0 aliphatic heterocycles. The zero-order chi connectivity index (χ0) is 20.1. The number of sulfonamides is 1. The molecule has 2 heterocycles. The molecule has 1 unspecified atom stereocenters. The second kappa shape index (κ2) is 8.64. The molecule has 0 aliphatic carbocycles. The topological polar surface area (TPSA) is 98.0 Å². The fraction of sp³-hybridized carbons (Fsp3) is 0.211. The highest BCUT2D eigenvalue weighted by Crippen LogP contribution is 2.24. The molecule has 0 spiro atoms. The minimum atomic E-state index is -3.77. The molecule has 0 bridgehead atoms. The standard InChI is InChI=1S/C19H19ClN4O3S/c1-13(2)17(19-22-18(23-27-19)15-7-5-10-21-12-15)24-28(25,26)11-9-14-6-3-4-8-16(14)20/h3-13,17,24H,1-2H3/b11-9+. The lowest BCUT2D eigenvalue weighted by molar-refractivity contribution is 0.312. The van der Waals surface area contributed by atoms with Crippen LogP contribution in [-0.4, -0.2) is 23.5 Å². The van der Waals surface area contributed by atoms with E-state index in [-0.39, 0.29) is 11.8 Å². The van der Waals surface area contributed by atoms with Gasteiger partial charge in [0.1, 0.15) is 6.04 Å². The summed E-state index contributed by atoms with van der Waals surface area (Å²) >= 11 is 6.06. The zero-order valence-corrected chi connectivity index (χ0v) is 16.9. The van der Waals surface area contributed by atoms with E-state index >= 15 is 0 Å². The van der Waals surface area contributed by atoms with E-state index in [2.05, 4.69) is 19.8 Å². The Hall–Kier alpha value is -2.55. The Kier molecular flexibility index (Phi) is 6.23. The Morgan fingerprint density at radius 2 is 1.96 bits per heavy atom. The molecule has 146 valence electrons. The van der Waals surface area contributed by atoms with Gasteiger partial charge >= 0.3 is 0 Å².